The van der Waals surface area contributed by atoms with Crippen LogP contribution < -0.4 is 5.14 Å². The lowest BCUT2D eigenvalue weighted by molar-refractivity contribution is 0.399. The molecule has 4 nitrogen and oxygen atoms in total. The number of rotatable bonds is 3. The SMILES string of the molecule is CN(C)CC1CCc2cc(S(N)(=O)=O)sc2S1. The molecule has 0 fully saturated rings. The van der Waals surface area contributed by atoms with Crippen LogP contribution in [0.2, 0.25) is 0 Å². The van der Waals surface area contributed by atoms with E-state index in [0.717, 1.165) is 29.2 Å². The lowest BCUT2D eigenvalue weighted by Crippen LogP contribution is -2.25. The fourth-order valence-corrected chi connectivity index (χ4v) is 5.81. The quantitative estimate of drug-likeness (QED) is 0.914. The molecular weight excluding hydrogens is 276 g/mol. The van der Waals surface area contributed by atoms with Crippen molar-refractivity contribution < 1.29 is 8.42 Å². The number of nitrogens with zero attached hydrogens (tertiary/aromatic N) is 1. The zero-order valence-corrected chi connectivity index (χ0v) is 12.3. The van der Waals surface area contributed by atoms with Crippen molar-refractivity contribution in [2.24, 2.45) is 5.14 Å². The molecular formula is C10H16N2O2S3. The minimum Gasteiger partial charge on any atom is -0.308 e. The summed E-state index contributed by atoms with van der Waals surface area (Å²) in [6.07, 6.45) is 2.05. The predicted molar refractivity (Wildman–Crippen MR) is 72.2 cm³/mol. The van der Waals surface area contributed by atoms with Crippen LogP contribution >= 0.6 is 23.1 Å². The summed E-state index contributed by atoms with van der Waals surface area (Å²) in [5, 5.41) is 5.70. The van der Waals surface area contributed by atoms with Gasteiger partial charge in [0.1, 0.15) is 4.21 Å². The van der Waals surface area contributed by atoms with Gasteiger partial charge in [0.2, 0.25) is 10.0 Å². The molecule has 1 aromatic rings. The van der Waals surface area contributed by atoms with Gasteiger partial charge in [-0.15, -0.1) is 23.1 Å². The van der Waals surface area contributed by atoms with E-state index in [1.165, 1.54) is 11.3 Å². The van der Waals surface area contributed by atoms with Crippen LogP contribution in [-0.2, 0) is 16.4 Å². The summed E-state index contributed by atoms with van der Waals surface area (Å²) in [6.45, 7) is 1.02. The second-order valence-electron chi connectivity index (χ2n) is 4.46. The summed E-state index contributed by atoms with van der Waals surface area (Å²) in [7, 11) is 0.569. The van der Waals surface area contributed by atoms with E-state index in [4.69, 9.17) is 5.14 Å². The van der Waals surface area contributed by atoms with Crippen LogP contribution in [0, 0.1) is 0 Å². The van der Waals surface area contributed by atoms with Crippen molar-refractivity contribution in [1.29, 1.82) is 0 Å². The van der Waals surface area contributed by atoms with Crippen molar-refractivity contribution in [3.63, 3.8) is 0 Å². The molecule has 96 valence electrons. The average Bonchev–Trinajstić information content (AvgIpc) is 2.58. The first-order valence-corrected chi connectivity index (χ1v) is 8.57. The van der Waals surface area contributed by atoms with E-state index in [9.17, 15) is 8.42 Å². The Balaban J connectivity index is 2.19. The Morgan fingerprint density at radius 3 is 2.82 bits per heavy atom. The topological polar surface area (TPSA) is 63.4 Å². The van der Waals surface area contributed by atoms with Crippen molar-refractivity contribution in [3.05, 3.63) is 11.6 Å². The Bertz CT molecular complexity index is 508. The smallest absolute Gasteiger partial charge is 0.247 e. The van der Waals surface area contributed by atoms with E-state index < -0.39 is 10.0 Å². The standard InChI is InChI=1S/C10H16N2O2S3/c1-12(2)6-8-4-3-7-5-9(17(11,13)14)16-10(7)15-8/h5,8H,3-4,6H2,1-2H3,(H2,11,13,14). The van der Waals surface area contributed by atoms with Gasteiger partial charge in [0.25, 0.3) is 0 Å². The van der Waals surface area contributed by atoms with Gasteiger partial charge in [0.05, 0.1) is 4.21 Å². The molecule has 0 aliphatic carbocycles. The van der Waals surface area contributed by atoms with Crippen LogP contribution in [0.1, 0.15) is 12.0 Å². The first-order chi connectivity index (χ1) is 7.86. The van der Waals surface area contributed by atoms with Gasteiger partial charge < -0.3 is 4.90 Å². The number of thioether (sulfide) groups is 1. The second-order valence-corrected chi connectivity index (χ2v) is 8.87. The number of aryl methyl sites for hydroxylation is 1. The Hall–Kier alpha value is -0.0800. The summed E-state index contributed by atoms with van der Waals surface area (Å²) in [4.78, 5) is 2.16. The highest BCUT2D eigenvalue weighted by Gasteiger charge is 2.24. The zero-order valence-electron chi connectivity index (χ0n) is 9.84. The molecule has 0 aromatic carbocycles. The van der Waals surface area contributed by atoms with Crippen LogP contribution in [0.5, 0.6) is 0 Å². The maximum absolute atomic E-state index is 11.3. The molecule has 0 amide bonds. The van der Waals surface area contributed by atoms with Crippen LogP contribution in [0.15, 0.2) is 14.5 Å². The molecule has 17 heavy (non-hydrogen) atoms. The predicted octanol–water partition coefficient (Wildman–Crippen LogP) is 1.36. The molecule has 2 heterocycles. The molecule has 1 unspecified atom stereocenters. The Kier molecular flexibility index (Phi) is 3.84. The average molecular weight is 292 g/mol. The molecule has 0 spiro atoms. The van der Waals surface area contributed by atoms with Crippen LogP contribution in [0.4, 0.5) is 0 Å². The molecule has 2 rings (SSSR count). The fourth-order valence-electron chi connectivity index (χ4n) is 1.86. The summed E-state index contributed by atoms with van der Waals surface area (Å²) in [5.74, 6) is 0. The number of sulfonamides is 1. The van der Waals surface area contributed by atoms with Gasteiger partial charge in [-0.1, -0.05) is 0 Å². The van der Waals surface area contributed by atoms with Crippen LogP contribution in [0.3, 0.4) is 0 Å². The lowest BCUT2D eigenvalue weighted by atomic mass is 10.1. The third-order valence-corrected chi connectivity index (χ3v) is 6.73. The third kappa shape index (κ3) is 3.23. The van der Waals surface area contributed by atoms with Crippen molar-refractivity contribution in [1.82, 2.24) is 4.90 Å². The van der Waals surface area contributed by atoms with E-state index >= 15 is 0 Å². The lowest BCUT2D eigenvalue weighted by Gasteiger charge is -2.24. The number of nitrogens with two attached hydrogens (primary N) is 1. The number of hydrogen-bond acceptors (Lipinski definition) is 5. The van der Waals surface area contributed by atoms with E-state index in [1.807, 2.05) is 0 Å². The molecule has 7 heteroatoms. The monoisotopic (exact) mass is 292 g/mol. The van der Waals surface area contributed by atoms with E-state index in [2.05, 4.69) is 19.0 Å². The maximum Gasteiger partial charge on any atom is 0.247 e. The van der Waals surface area contributed by atoms with Crippen LogP contribution in [-0.4, -0.2) is 39.2 Å². The first-order valence-electron chi connectivity index (χ1n) is 5.33. The van der Waals surface area contributed by atoms with Crippen molar-refractivity contribution in [2.75, 3.05) is 20.6 Å². The number of fused-ring (bicyclic) bond motifs is 1. The molecule has 1 atom stereocenters. The molecule has 1 aromatic heterocycles. The van der Waals surface area contributed by atoms with Gasteiger partial charge in [0, 0.05) is 11.8 Å². The van der Waals surface area contributed by atoms with E-state index in [0.29, 0.717) is 9.46 Å². The summed E-state index contributed by atoms with van der Waals surface area (Å²) < 4.78 is 24.0. The minimum atomic E-state index is -3.54. The van der Waals surface area contributed by atoms with Crippen LogP contribution in [0.25, 0.3) is 0 Å². The second kappa shape index (κ2) is 4.89. The molecule has 0 bridgehead atoms. The van der Waals surface area contributed by atoms with Gasteiger partial charge in [0.15, 0.2) is 0 Å². The van der Waals surface area contributed by atoms with Gasteiger partial charge in [-0.3, -0.25) is 0 Å². The van der Waals surface area contributed by atoms with Gasteiger partial charge in [-0.2, -0.15) is 0 Å². The highest BCUT2D eigenvalue weighted by molar-refractivity contribution is 8.02. The first kappa shape index (κ1) is 13.4. The highest BCUT2D eigenvalue weighted by atomic mass is 32.3. The largest absolute Gasteiger partial charge is 0.308 e. The molecule has 0 saturated heterocycles. The molecule has 0 saturated carbocycles. The number of primary sulfonamides is 1. The zero-order chi connectivity index (χ0) is 12.6. The minimum absolute atomic E-state index is 0.292. The maximum atomic E-state index is 11.3. The highest BCUT2D eigenvalue weighted by Crippen LogP contribution is 2.42. The van der Waals surface area contributed by atoms with Crippen molar-refractivity contribution >= 4 is 33.1 Å². The summed E-state index contributed by atoms with van der Waals surface area (Å²) >= 11 is 3.08. The Morgan fingerprint density at radius 1 is 1.53 bits per heavy atom. The number of hydrogen-bond donors (Lipinski definition) is 1. The molecule has 1 aliphatic rings. The fraction of sp³-hybridized carbons (Fsp3) is 0.600. The third-order valence-electron chi connectivity index (χ3n) is 2.61. The van der Waals surface area contributed by atoms with Gasteiger partial charge in [-0.05, 0) is 38.6 Å². The van der Waals surface area contributed by atoms with E-state index in [1.54, 1.807) is 17.8 Å². The normalized spacial score (nSPS) is 20.6. The van der Waals surface area contributed by atoms with Gasteiger partial charge >= 0.3 is 0 Å². The molecule has 2 N–H and O–H groups in total. The Labute approximate surface area is 110 Å². The van der Waals surface area contributed by atoms with Gasteiger partial charge in [-0.25, -0.2) is 13.6 Å². The molecule has 0 radical (unpaired) electrons. The summed E-state index contributed by atoms with van der Waals surface area (Å²) in [6, 6.07) is 1.73. The Morgan fingerprint density at radius 2 is 2.24 bits per heavy atom. The van der Waals surface area contributed by atoms with Crippen molar-refractivity contribution in [2.45, 2.75) is 26.5 Å². The molecule has 1 aliphatic heterocycles. The number of thiophene rings is 1. The van der Waals surface area contributed by atoms with Crippen molar-refractivity contribution in [3.8, 4) is 0 Å². The summed E-state index contributed by atoms with van der Waals surface area (Å²) in [5.41, 5.74) is 1.14. The van der Waals surface area contributed by atoms with E-state index in [-0.39, 0.29) is 0 Å².